The monoisotopic (exact) mass is 157 g/mol. The average molecular weight is 157 g/mol. The molecule has 0 atom stereocenters. The van der Waals surface area contributed by atoms with Gasteiger partial charge in [0, 0.05) is 0 Å². The highest BCUT2D eigenvalue weighted by molar-refractivity contribution is 5.65. The number of carbonyl (C=O) groups is 1. The number of primary amides is 1. The SMILES string of the molecule is CCC1(OC(N)=O)CCCC1. The molecule has 1 saturated carbocycles. The maximum Gasteiger partial charge on any atom is 0.405 e. The molecule has 3 nitrogen and oxygen atoms in total. The second-order valence-corrected chi connectivity index (χ2v) is 3.16. The van der Waals surface area contributed by atoms with Crippen LogP contribution >= 0.6 is 0 Å². The van der Waals surface area contributed by atoms with Crippen molar-refractivity contribution in [3.8, 4) is 0 Å². The summed E-state index contributed by atoms with van der Waals surface area (Å²) in [5.74, 6) is 0. The van der Waals surface area contributed by atoms with Gasteiger partial charge < -0.3 is 10.5 Å². The highest BCUT2D eigenvalue weighted by atomic mass is 16.6. The van der Waals surface area contributed by atoms with E-state index in [2.05, 4.69) is 0 Å². The average Bonchev–Trinajstić information content (AvgIpc) is 2.36. The van der Waals surface area contributed by atoms with Gasteiger partial charge in [-0.15, -0.1) is 0 Å². The minimum atomic E-state index is -0.631. The molecule has 1 amide bonds. The van der Waals surface area contributed by atoms with Gasteiger partial charge in [-0.25, -0.2) is 4.79 Å². The van der Waals surface area contributed by atoms with Gasteiger partial charge in [0.25, 0.3) is 0 Å². The van der Waals surface area contributed by atoms with Gasteiger partial charge in [0.15, 0.2) is 0 Å². The summed E-state index contributed by atoms with van der Waals surface area (Å²) in [6, 6.07) is 0. The second kappa shape index (κ2) is 3.11. The summed E-state index contributed by atoms with van der Waals surface area (Å²) < 4.78 is 5.09. The van der Waals surface area contributed by atoms with Crippen LogP contribution in [0.3, 0.4) is 0 Å². The Bertz CT molecular complexity index is 150. The third-order valence-corrected chi connectivity index (χ3v) is 2.48. The lowest BCUT2D eigenvalue weighted by Gasteiger charge is -2.26. The van der Waals surface area contributed by atoms with Crippen LogP contribution in [0, 0.1) is 0 Å². The second-order valence-electron chi connectivity index (χ2n) is 3.16. The summed E-state index contributed by atoms with van der Waals surface area (Å²) in [4.78, 5) is 10.5. The number of amides is 1. The first-order valence-electron chi connectivity index (χ1n) is 4.17. The van der Waals surface area contributed by atoms with Gasteiger partial charge in [0.05, 0.1) is 0 Å². The van der Waals surface area contributed by atoms with E-state index >= 15 is 0 Å². The summed E-state index contributed by atoms with van der Waals surface area (Å²) in [6.45, 7) is 2.04. The van der Waals surface area contributed by atoms with Gasteiger partial charge in [-0.05, 0) is 32.1 Å². The fourth-order valence-electron chi connectivity index (χ4n) is 1.76. The predicted octanol–water partition coefficient (Wildman–Crippen LogP) is 1.80. The molecule has 0 bridgehead atoms. The Balaban J connectivity index is 2.52. The number of ether oxygens (including phenoxy) is 1. The number of rotatable bonds is 2. The van der Waals surface area contributed by atoms with Crippen molar-refractivity contribution in [2.45, 2.75) is 44.6 Å². The minimum absolute atomic E-state index is 0.216. The molecule has 0 aromatic carbocycles. The fourth-order valence-corrected chi connectivity index (χ4v) is 1.76. The first-order valence-corrected chi connectivity index (χ1v) is 4.17. The molecule has 0 aromatic heterocycles. The smallest absolute Gasteiger partial charge is 0.405 e. The summed E-state index contributed by atoms with van der Waals surface area (Å²) in [5, 5.41) is 0. The van der Waals surface area contributed by atoms with Crippen LogP contribution in [-0.2, 0) is 4.74 Å². The van der Waals surface area contributed by atoms with Crippen LogP contribution in [0.15, 0.2) is 0 Å². The highest BCUT2D eigenvalue weighted by Crippen LogP contribution is 2.35. The number of carbonyl (C=O) groups excluding carboxylic acids is 1. The van der Waals surface area contributed by atoms with E-state index in [-0.39, 0.29) is 5.60 Å². The van der Waals surface area contributed by atoms with Crippen molar-refractivity contribution in [3.63, 3.8) is 0 Å². The lowest BCUT2D eigenvalue weighted by Crippen LogP contribution is -2.33. The molecule has 1 rings (SSSR count). The zero-order valence-corrected chi connectivity index (χ0v) is 6.93. The Labute approximate surface area is 66.9 Å². The predicted molar refractivity (Wildman–Crippen MR) is 42.2 cm³/mol. The summed E-state index contributed by atoms with van der Waals surface area (Å²) in [6.07, 6.45) is 4.52. The lowest BCUT2D eigenvalue weighted by molar-refractivity contribution is 0.0188. The molecule has 1 aliphatic carbocycles. The van der Waals surface area contributed by atoms with E-state index in [0.29, 0.717) is 0 Å². The molecule has 0 unspecified atom stereocenters. The Morgan fingerprint density at radius 2 is 2.09 bits per heavy atom. The van der Waals surface area contributed by atoms with Crippen LogP contribution in [0.4, 0.5) is 4.79 Å². The fraction of sp³-hybridized carbons (Fsp3) is 0.875. The summed E-state index contributed by atoms with van der Waals surface area (Å²) in [7, 11) is 0. The van der Waals surface area contributed by atoms with Gasteiger partial charge >= 0.3 is 6.09 Å². The van der Waals surface area contributed by atoms with Gasteiger partial charge in [-0.2, -0.15) is 0 Å². The number of hydrogen-bond donors (Lipinski definition) is 1. The van der Waals surface area contributed by atoms with Crippen molar-refractivity contribution in [2.75, 3.05) is 0 Å². The minimum Gasteiger partial charge on any atom is -0.443 e. The van der Waals surface area contributed by atoms with E-state index in [9.17, 15) is 4.79 Å². The van der Waals surface area contributed by atoms with Crippen molar-refractivity contribution in [2.24, 2.45) is 5.73 Å². The van der Waals surface area contributed by atoms with Crippen molar-refractivity contribution in [1.82, 2.24) is 0 Å². The van der Waals surface area contributed by atoms with Crippen molar-refractivity contribution >= 4 is 6.09 Å². The van der Waals surface area contributed by atoms with Crippen LogP contribution in [0.2, 0.25) is 0 Å². The Morgan fingerprint density at radius 3 is 2.45 bits per heavy atom. The van der Waals surface area contributed by atoms with Crippen LogP contribution in [0.1, 0.15) is 39.0 Å². The van der Waals surface area contributed by atoms with Crippen LogP contribution < -0.4 is 5.73 Å². The molecule has 0 radical (unpaired) electrons. The van der Waals surface area contributed by atoms with Crippen LogP contribution in [0.5, 0.6) is 0 Å². The third-order valence-electron chi connectivity index (χ3n) is 2.48. The van der Waals surface area contributed by atoms with E-state index in [1.165, 1.54) is 0 Å². The van der Waals surface area contributed by atoms with Gasteiger partial charge in [-0.3, -0.25) is 0 Å². The summed E-state index contributed by atoms with van der Waals surface area (Å²) >= 11 is 0. The first-order chi connectivity index (χ1) is 5.18. The molecule has 0 aliphatic heterocycles. The first kappa shape index (κ1) is 8.37. The number of hydrogen-bond acceptors (Lipinski definition) is 2. The zero-order chi connectivity index (χ0) is 8.32. The van der Waals surface area contributed by atoms with E-state index in [4.69, 9.17) is 10.5 Å². The van der Waals surface area contributed by atoms with Crippen LogP contribution in [0.25, 0.3) is 0 Å². The van der Waals surface area contributed by atoms with E-state index in [0.717, 1.165) is 32.1 Å². The topological polar surface area (TPSA) is 52.3 Å². The Hall–Kier alpha value is -0.730. The Kier molecular flexibility index (Phi) is 2.37. The van der Waals surface area contributed by atoms with Crippen molar-refractivity contribution < 1.29 is 9.53 Å². The van der Waals surface area contributed by atoms with Crippen molar-refractivity contribution in [3.05, 3.63) is 0 Å². The molecule has 0 aromatic rings. The van der Waals surface area contributed by atoms with E-state index in [1.54, 1.807) is 0 Å². The molecule has 0 heterocycles. The molecule has 2 N–H and O–H groups in total. The third kappa shape index (κ3) is 1.85. The molecule has 3 heteroatoms. The molecular weight excluding hydrogens is 142 g/mol. The maximum absolute atomic E-state index is 10.5. The molecule has 0 saturated heterocycles. The van der Waals surface area contributed by atoms with Crippen LogP contribution in [-0.4, -0.2) is 11.7 Å². The van der Waals surface area contributed by atoms with Gasteiger partial charge in [-0.1, -0.05) is 6.92 Å². The molecule has 1 fully saturated rings. The lowest BCUT2D eigenvalue weighted by atomic mass is 9.99. The number of nitrogens with two attached hydrogens (primary N) is 1. The molecule has 0 spiro atoms. The largest absolute Gasteiger partial charge is 0.443 e. The molecular formula is C8H15NO2. The standard InChI is InChI=1S/C8H15NO2/c1-2-8(11-7(9)10)5-3-4-6-8/h2-6H2,1H3,(H2,9,10). The normalized spacial score (nSPS) is 21.5. The molecule has 1 aliphatic rings. The quantitative estimate of drug-likeness (QED) is 0.664. The maximum atomic E-state index is 10.5. The summed E-state index contributed by atoms with van der Waals surface area (Å²) in [5.41, 5.74) is 4.76. The van der Waals surface area contributed by atoms with E-state index in [1.807, 2.05) is 6.92 Å². The van der Waals surface area contributed by atoms with E-state index < -0.39 is 6.09 Å². The van der Waals surface area contributed by atoms with Gasteiger partial charge in [0.1, 0.15) is 5.60 Å². The highest BCUT2D eigenvalue weighted by Gasteiger charge is 2.35. The zero-order valence-electron chi connectivity index (χ0n) is 6.93. The van der Waals surface area contributed by atoms with Gasteiger partial charge in [0.2, 0.25) is 0 Å². The molecule has 64 valence electrons. The van der Waals surface area contributed by atoms with Crippen molar-refractivity contribution in [1.29, 1.82) is 0 Å². The molecule has 11 heavy (non-hydrogen) atoms. The Morgan fingerprint density at radius 1 is 1.55 bits per heavy atom.